The Balaban J connectivity index is 2.16. The molecule has 0 saturated carbocycles. The largest absolute Gasteiger partial charge is 0.326 e. The average Bonchev–Trinajstić information content (AvgIpc) is 2.35. The summed E-state index contributed by atoms with van der Waals surface area (Å²) in [5.74, 6) is 0.415. The van der Waals surface area contributed by atoms with Crippen LogP contribution in [-0.2, 0) is 0 Å². The van der Waals surface area contributed by atoms with Crippen LogP contribution >= 0.6 is 15.9 Å². The van der Waals surface area contributed by atoms with Crippen molar-refractivity contribution >= 4 is 15.9 Å². The summed E-state index contributed by atoms with van der Waals surface area (Å²) in [5.41, 5.74) is 6.85. The Kier molecular flexibility index (Phi) is 4.41. The highest BCUT2D eigenvalue weighted by Gasteiger charge is 2.27. The van der Waals surface area contributed by atoms with Gasteiger partial charge in [-0.25, -0.2) is 4.39 Å². The van der Waals surface area contributed by atoms with Gasteiger partial charge >= 0.3 is 0 Å². The summed E-state index contributed by atoms with van der Waals surface area (Å²) in [7, 11) is 0. The van der Waals surface area contributed by atoms with E-state index < -0.39 is 0 Å². The Bertz CT molecular complexity index is 424. The van der Waals surface area contributed by atoms with Crippen LogP contribution in [0.3, 0.4) is 0 Å². The van der Waals surface area contributed by atoms with Crippen molar-refractivity contribution in [2.24, 2.45) is 11.7 Å². The molecule has 18 heavy (non-hydrogen) atoms. The Morgan fingerprint density at radius 3 is 2.89 bits per heavy atom. The maximum atomic E-state index is 13.9. The fourth-order valence-corrected chi connectivity index (χ4v) is 2.89. The van der Waals surface area contributed by atoms with Gasteiger partial charge in [0, 0.05) is 28.7 Å². The number of piperidine rings is 1. The molecule has 1 aliphatic rings. The molecule has 0 radical (unpaired) electrons. The third kappa shape index (κ3) is 2.92. The molecule has 0 aromatic heterocycles. The summed E-state index contributed by atoms with van der Waals surface area (Å²) in [6.45, 7) is 6.07. The molecule has 2 rings (SSSR count). The van der Waals surface area contributed by atoms with Gasteiger partial charge in [0.25, 0.3) is 0 Å². The standard InChI is InChI=1S/C14H20BrFN2/c1-9-5-6-18(8-14(9)17)10(2)12-7-11(15)3-4-13(12)16/h3-4,7,9-10,14H,5-6,8,17H2,1-2H3. The van der Waals surface area contributed by atoms with Gasteiger partial charge in [-0.15, -0.1) is 0 Å². The number of nitrogens with zero attached hydrogens (tertiary/aromatic N) is 1. The van der Waals surface area contributed by atoms with Crippen LogP contribution in [0.4, 0.5) is 4.39 Å². The Morgan fingerprint density at radius 1 is 1.50 bits per heavy atom. The normalized spacial score (nSPS) is 27.2. The first kappa shape index (κ1) is 14.0. The highest BCUT2D eigenvalue weighted by molar-refractivity contribution is 9.10. The topological polar surface area (TPSA) is 29.3 Å². The molecule has 1 aromatic rings. The van der Waals surface area contributed by atoms with Crippen molar-refractivity contribution in [2.45, 2.75) is 32.4 Å². The fraction of sp³-hybridized carbons (Fsp3) is 0.571. The SMILES string of the molecule is CC1CCN(C(C)c2cc(Br)ccc2F)CC1N. The second-order valence-corrected chi connectivity index (χ2v) is 6.18. The van der Waals surface area contributed by atoms with Crippen LogP contribution in [0.25, 0.3) is 0 Å². The van der Waals surface area contributed by atoms with E-state index >= 15 is 0 Å². The molecule has 3 unspecified atom stereocenters. The van der Waals surface area contributed by atoms with E-state index in [1.165, 1.54) is 6.07 Å². The Labute approximate surface area is 116 Å². The van der Waals surface area contributed by atoms with Gasteiger partial charge in [0.05, 0.1) is 0 Å². The van der Waals surface area contributed by atoms with Crippen molar-refractivity contribution in [3.8, 4) is 0 Å². The molecule has 1 saturated heterocycles. The second kappa shape index (κ2) is 5.68. The van der Waals surface area contributed by atoms with Gasteiger partial charge in [-0.05, 0) is 44.0 Å². The van der Waals surface area contributed by atoms with E-state index in [4.69, 9.17) is 5.73 Å². The Hall–Kier alpha value is -0.450. The molecule has 0 amide bonds. The smallest absolute Gasteiger partial charge is 0.128 e. The molecule has 100 valence electrons. The van der Waals surface area contributed by atoms with E-state index in [-0.39, 0.29) is 17.9 Å². The van der Waals surface area contributed by atoms with Gasteiger partial charge in [0.2, 0.25) is 0 Å². The zero-order valence-electron chi connectivity index (χ0n) is 10.9. The monoisotopic (exact) mass is 314 g/mol. The first-order valence-electron chi connectivity index (χ1n) is 6.43. The van der Waals surface area contributed by atoms with Crippen molar-refractivity contribution in [3.63, 3.8) is 0 Å². The van der Waals surface area contributed by atoms with E-state index in [1.54, 1.807) is 6.07 Å². The van der Waals surface area contributed by atoms with Crippen LogP contribution in [0.1, 0.15) is 31.9 Å². The highest BCUT2D eigenvalue weighted by Crippen LogP contribution is 2.29. The summed E-state index contributed by atoms with van der Waals surface area (Å²) in [6, 6.07) is 5.37. The quantitative estimate of drug-likeness (QED) is 0.907. The van der Waals surface area contributed by atoms with E-state index in [9.17, 15) is 4.39 Å². The van der Waals surface area contributed by atoms with Crippen molar-refractivity contribution in [1.82, 2.24) is 4.90 Å². The number of hydrogen-bond acceptors (Lipinski definition) is 2. The number of benzene rings is 1. The molecule has 2 nitrogen and oxygen atoms in total. The molecule has 0 bridgehead atoms. The maximum Gasteiger partial charge on any atom is 0.128 e. The van der Waals surface area contributed by atoms with Gasteiger partial charge in [0.1, 0.15) is 5.82 Å². The molecule has 3 atom stereocenters. The predicted octanol–water partition coefficient (Wildman–Crippen LogP) is 3.32. The average molecular weight is 315 g/mol. The minimum Gasteiger partial charge on any atom is -0.326 e. The van der Waals surface area contributed by atoms with Crippen molar-refractivity contribution in [3.05, 3.63) is 34.1 Å². The van der Waals surface area contributed by atoms with E-state index in [0.717, 1.165) is 29.5 Å². The molecule has 1 aliphatic heterocycles. The molecule has 0 spiro atoms. The van der Waals surface area contributed by atoms with Crippen molar-refractivity contribution < 1.29 is 4.39 Å². The summed E-state index contributed by atoms with van der Waals surface area (Å²) >= 11 is 3.40. The van der Waals surface area contributed by atoms with Crippen molar-refractivity contribution in [2.75, 3.05) is 13.1 Å². The lowest BCUT2D eigenvalue weighted by atomic mass is 9.92. The first-order chi connectivity index (χ1) is 8.49. The van der Waals surface area contributed by atoms with E-state index in [2.05, 4.69) is 27.8 Å². The summed E-state index contributed by atoms with van der Waals surface area (Å²) < 4.78 is 14.8. The van der Waals surface area contributed by atoms with Crippen LogP contribution in [-0.4, -0.2) is 24.0 Å². The molecule has 1 fully saturated rings. The van der Waals surface area contributed by atoms with Crippen LogP contribution in [0, 0.1) is 11.7 Å². The molecular weight excluding hydrogens is 295 g/mol. The van der Waals surface area contributed by atoms with Crippen molar-refractivity contribution in [1.29, 1.82) is 0 Å². The Morgan fingerprint density at radius 2 is 2.22 bits per heavy atom. The molecule has 2 N–H and O–H groups in total. The highest BCUT2D eigenvalue weighted by atomic mass is 79.9. The molecule has 0 aliphatic carbocycles. The lowest BCUT2D eigenvalue weighted by molar-refractivity contribution is 0.126. The third-order valence-corrected chi connectivity index (χ3v) is 4.50. The van der Waals surface area contributed by atoms with Crippen LogP contribution < -0.4 is 5.73 Å². The lowest BCUT2D eigenvalue weighted by Crippen LogP contribution is -2.48. The third-order valence-electron chi connectivity index (χ3n) is 4.00. The maximum absolute atomic E-state index is 13.9. The zero-order valence-corrected chi connectivity index (χ0v) is 12.5. The number of likely N-dealkylation sites (tertiary alicyclic amines) is 1. The second-order valence-electron chi connectivity index (χ2n) is 5.27. The molecule has 1 heterocycles. The van der Waals surface area contributed by atoms with E-state index in [0.29, 0.717) is 5.92 Å². The van der Waals surface area contributed by atoms with Crippen LogP contribution in [0.15, 0.2) is 22.7 Å². The number of nitrogens with two attached hydrogens (primary N) is 1. The lowest BCUT2D eigenvalue weighted by Gasteiger charge is -2.39. The molecular formula is C14H20BrFN2. The fourth-order valence-electron chi connectivity index (χ4n) is 2.51. The minimum atomic E-state index is -0.141. The van der Waals surface area contributed by atoms with Crippen LogP contribution in [0.2, 0.25) is 0 Å². The zero-order chi connectivity index (χ0) is 13.3. The van der Waals surface area contributed by atoms with Gasteiger partial charge in [-0.2, -0.15) is 0 Å². The van der Waals surface area contributed by atoms with Gasteiger partial charge < -0.3 is 5.73 Å². The number of hydrogen-bond donors (Lipinski definition) is 1. The number of halogens is 2. The summed E-state index contributed by atoms with van der Waals surface area (Å²) in [6.07, 6.45) is 1.08. The van der Waals surface area contributed by atoms with Gasteiger partial charge in [-0.3, -0.25) is 4.90 Å². The van der Waals surface area contributed by atoms with Crippen LogP contribution in [0.5, 0.6) is 0 Å². The molecule has 1 aromatic carbocycles. The van der Waals surface area contributed by atoms with Gasteiger partial charge in [0.15, 0.2) is 0 Å². The first-order valence-corrected chi connectivity index (χ1v) is 7.23. The summed E-state index contributed by atoms with van der Waals surface area (Å²) in [5, 5.41) is 0. The van der Waals surface area contributed by atoms with Gasteiger partial charge in [-0.1, -0.05) is 22.9 Å². The number of rotatable bonds is 2. The molecule has 4 heteroatoms. The summed E-state index contributed by atoms with van der Waals surface area (Å²) in [4.78, 5) is 2.27. The van der Waals surface area contributed by atoms with E-state index in [1.807, 2.05) is 13.0 Å². The minimum absolute atomic E-state index is 0.0704. The predicted molar refractivity (Wildman–Crippen MR) is 75.8 cm³/mol.